The number of aromatic hydroxyl groups is 1. The SMILES string of the molecule is COCc1ccc([C@@H]2CCCN2C(=O)NCc2ccc(O)c(F)c2)o1. The van der Waals surface area contributed by atoms with Gasteiger partial charge in [-0.1, -0.05) is 6.07 Å². The zero-order valence-electron chi connectivity index (χ0n) is 14.0. The molecule has 2 N–H and O–H groups in total. The average Bonchev–Trinajstić information content (AvgIpc) is 3.25. The molecule has 0 aliphatic carbocycles. The van der Waals surface area contributed by atoms with Gasteiger partial charge in [0.2, 0.25) is 0 Å². The van der Waals surface area contributed by atoms with Crippen LogP contribution in [0.15, 0.2) is 34.7 Å². The number of nitrogens with one attached hydrogen (secondary N) is 1. The molecule has 0 saturated carbocycles. The number of carbonyl (C=O) groups excluding carboxylic acids is 1. The van der Waals surface area contributed by atoms with Crippen molar-refractivity contribution in [3.05, 3.63) is 53.2 Å². The van der Waals surface area contributed by atoms with Crippen LogP contribution in [0.25, 0.3) is 0 Å². The van der Waals surface area contributed by atoms with Gasteiger partial charge in [-0.25, -0.2) is 9.18 Å². The molecule has 134 valence electrons. The molecule has 1 aromatic heterocycles. The summed E-state index contributed by atoms with van der Waals surface area (Å²) in [5.41, 5.74) is 0.583. The van der Waals surface area contributed by atoms with Crippen molar-refractivity contribution in [1.82, 2.24) is 10.2 Å². The first-order valence-corrected chi connectivity index (χ1v) is 8.18. The number of hydrogen-bond acceptors (Lipinski definition) is 4. The van der Waals surface area contributed by atoms with Crippen LogP contribution in [0.4, 0.5) is 9.18 Å². The lowest BCUT2D eigenvalue weighted by Crippen LogP contribution is -2.39. The lowest BCUT2D eigenvalue weighted by atomic mass is 10.2. The van der Waals surface area contributed by atoms with Gasteiger partial charge in [0.05, 0.1) is 6.04 Å². The topological polar surface area (TPSA) is 74.9 Å². The third-order valence-electron chi connectivity index (χ3n) is 4.27. The molecular formula is C18H21FN2O4. The maximum absolute atomic E-state index is 13.4. The first-order valence-electron chi connectivity index (χ1n) is 8.18. The van der Waals surface area contributed by atoms with Crippen LogP contribution in [-0.4, -0.2) is 29.7 Å². The minimum atomic E-state index is -0.702. The van der Waals surface area contributed by atoms with Gasteiger partial charge >= 0.3 is 6.03 Å². The van der Waals surface area contributed by atoms with Gasteiger partial charge in [0.15, 0.2) is 11.6 Å². The van der Waals surface area contributed by atoms with Gasteiger partial charge in [0.25, 0.3) is 0 Å². The van der Waals surface area contributed by atoms with Gasteiger partial charge in [-0.3, -0.25) is 0 Å². The summed E-state index contributed by atoms with van der Waals surface area (Å²) in [4.78, 5) is 14.2. The summed E-state index contributed by atoms with van der Waals surface area (Å²) in [6, 6.07) is 7.45. The molecule has 1 aliphatic rings. The number of urea groups is 1. The smallest absolute Gasteiger partial charge is 0.318 e. The van der Waals surface area contributed by atoms with Crippen molar-refractivity contribution >= 4 is 6.03 Å². The Kier molecular flexibility index (Phi) is 5.23. The molecule has 1 atom stereocenters. The third-order valence-corrected chi connectivity index (χ3v) is 4.27. The van der Waals surface area contributed by atoms with Crippen LogP contribution in [0.3, 0.4) is 0 Å². The second-order valence-corrected chi connectivity index (χ2v) is 6.03. The summed E-state index contributed by atoms with van der Waals surface area (Å²) in [5, 5.41) is 12.0. The first-order chi connectivity index (χ1) is 12.1. The number of likely N-dealkylation sites (tertiary alicyclic amines) is 1. The Morgan fingerprint density at radius 3 is 3.04 bits per heavy atom. The van der Waals surface area contributed by atoms with Gasteiger partial charge in [-0.15, -0.1) is 0 Å². The summed E-state index contributed by atoms with van der Waals surface area (Å²) in [6.07, 6.45) is 1.73. The molecule has 2 aromatic rings. The second kappa shape index (κ2) is 7.57. The van der Waals surface area contributed by atoms with Gasteiger partial charge < -0.3 is 24.5 Å². The van der Waals surface area contributed by atoms with E-state index in [1.807, 2.05) is 12.1 Å². The summed E-state index contributed by atoms with van der Waals surface area (Å²) in [7, 11) is 1.60. The van der Waals surface area contributed by atoms with Gasteiger partial charge in [-0.2, -0.15) is 0 Å². The minimum absolute atomic E-state index is 0.109. The molecule has 1 saturated heterocycles. The number of hydrogen-bond donors (Lipinski definition) is 2. The Hall–Kier alpha value is -2.54. The molecule has 6 nitrogen and oxygen atoms in total. The van der Waals surface area contributed by atoms with Gasteiger partial charge in [0, 0.05) is 20.2 Å². The van der Waals surface area contributed by atoms with E-state index in [9.17, 15) is 14.3 Å². The van der Waals surface area contributed by atoms with Crippen LogP contribution in [0.2, 0.25) is 0 Å². The highest BCUT2D eigenvalue weighted by Crippen LogP contribution is 2.33. The number of benzene rings is 1. The largest absolute Gasteiger partial charge is 0.505 e. The monoisotopic (exact) mass is 348 g/mol. The van der Waals surface area contributed by atoms with E-state index >= 15 is 0 Å². The number of carbonyl (C=O) groups is 1. The van der Waals surface area contributed by atoms with E-state index in [1.165, 1.54) is 12.1 Å². The van der Waals surface area contributed by atoms with Gasteiger partial charge in [0.1, 0.15) is 18.1 Å². The van der Waals surface area contributed by atoms with Crippen molar-refractivity contribution in [2.75, 3.05) is 13.7 Å². The van der Waals surface area contributed by atoms with Crippen LogP contribution < -0.4 is 5.32 Å². The number of amides is 2. The van der Waals surface area contributed by atoms with E-state index < -0.39 is 11.6 Å². The molecule has 3 rings (SSSR count). The zero-order chi connectivity index (χ0) is 17.8. The normalized spacial score (nSPS) is 17.0. The fourth-order valence-corrected chi connectivity index (χ4v) is 3.04. The molecule has 0 bridgehead atoms. The highest BCUT2D eigenvalue weighted by Gasteiger charge is 2.32. The molecule has 1 aliphatic heterocycles. The third kappa shape index (κ3) is 3.93. The number of phenols is 1. The van der Waals surface area contributed by atoms with Crippen molar-refractivity contribution < 1.29 is 23.4 Å². The number of rotatable bonds is 5. The van der Waals surface area contributed by atoms with E-state index in [1.54, 1.807) is 18.1 Å². The van der Waals surface area contributed by atoms with E-state index in [0.717, 1.165) is 24.4 Å². The number of halogens is 1. The number of phenolic OH excluding ortho intramolecular Hbond substituents is 1. The lowest BCUT2D eigenvalue weighted by molar-refractivity contribution is 0.156. The summed E-state index contributed by atoms with van der Waals surface area (Å²) >= 11 is 0. The molecular weight excluding hydrogens is 327 g/mol. The number of furan rings is 1. The summed E-state index contributed by atoms with van der Waals surface area (Å²) < 4.78 is 24.2. The van der Waals surface area contributed by atoms with Crippen molar-refractivity contribution in [3.63, 3.8) is 0 Å². The molecule has 0 radical (unpaired) electrons. The molecule has 25 heavy (non-hydrogen) atoms. The fourth-order valence-electron chi connectivity index (χ4n) is 3.04. The summed E-state index contributed by atoms with van der Waals surface area (Å²) in [6.45, 7) is 1.22. The van der Waals surface area contributed by atoms with Crippen LogP contribution in [0.1, 0.15) is 36.0 Å². The summed E-state index contributed by atoms with van der Waals surface area (Å²) in [5.74, 6) is 0.367. The van der Waals surface area contributed by atoms with Crippen molar-refractivity contribution in [2.45, 2.75) is 32.0 Å². The second-order valence-electron chi connectivity index (χ2n) is 6.03. The molecule has 2 heterocycles. The first kappa shape index (κ1) is 17.3. The van der Waals surface area contributed by atoms with E-state index in [2.05, 4.69) is 5.32 Å². The predicted molar refractivity (Wildman–Crippen MR) is 88.4 cm³/mol. The Labute approximate surface area is 145 Å². The van der Waals surface area contributed by atoms with Crippen LogP contribution in [0.5, 0.6) is 5.75 Å². The molecule has 1 aromatic carbocycles. The molecule has 7 heteroatoms. The number of ether oxygens (including phenoxy) is 1. The standard InChI is InChI=1S/C18H21FN2O4/c1-24-11-13-5-7-17(25-13)15-3-2-8-21(15)18(23)20-10-12-4-6-16(22)14(19)9-12/h4-7,9,15,22H,2-3,8,10-11H2,1H3,(H,20,23)/t15-/m0/s1. The highest BCUT2D eigenvalue weighted by molar-refractivity contribution is 5.75. The zero-order valence-corrected chi connectivity index (χ0v) is 14.0. The van der Waals surface area contributed by atoms with Crippen LogP contribution in [0, 0.1) is 5.82 Å². The molecule has 0 spiro atoms. The van der Waals surface area contributed by atoms with E-state index in [4.69, 9.17) is 9.15 Å². The Bertz CT molecular complexity index is 746. The fraction of sp³-hybridized carbons (Fsp3) is 0.389. The van der Waals surface area contributed by atoms with E-state index in [-0.39, 0.29) is 18.6 Å². The lowest BCUT2D eigenvalue weighted by Gasteiger charge is -2.23. The maximum Gasteiger partial charge on any atom is 0.318 e. The predicted octanol–water partition coefficient (Wildman–Crippen LogP) is 3.32. The molecule has 1 fully saturated rings. The van der Waals surface area contributed by atoms with Crippen molar-refractivity contribution in [1.29, 1.82) is 0 Å². The highest BCUT2D eigenvalue weighted by atomic mass is 19.1. The average molecular weight is 348 g/mol. The van der Waals surface area contributed by atoms with E-state index in [0.29, 0.717) is 18.7 Å². The quantitative estimate of drug-likeness (QED) is 0.869. The van der Waals surface area contributed by atoms with Crippen molar-refractivity contribution in [3.8, 4) is 5.75 Å². The Balaban J connectivity index is 1.62. The molecule has 2 amide bonds. The van der Waals surface area contributed by atoms with Crippen LogP contribution in [-0.2, 0) is 17.9 Å². The van der Waals surface area contributed by atoms with Gasteiger partial charge in [-0.05, 0) is 42.7 Å². The Morgan fingerprint density at radius 2 is 2.28 bits per heavy atom. The number of nitrogens with zero attached hydrogens (tertiary/aromatic N) is 1. The van der Waals surface area contributed by atoms with Crippen LogP contribution >= 0.6 is 0 Å². The number of methoxy groups -OCH3 is 1. The molecule has 0 unspecified atom stereocenters. The minimum Gasteiger partial charge on any atom is -0.505 e. The maximum atomic E-state index is 13.4. The van der Waals surface area contributed by atoms with Crippen molar-refractivity contribution in [2.24, 2.45) is 0 Å². The Morgan fingerprint density at radius 1 is 1.44 bits per heavy atom.